The SMILES string of the molecule is COc1ccc(C(CNC(=O)Cn2c(-c3cscn3)nc3ccccc32)N2CCCCC2)cc1. The molecule has 0 bridgehead atoms. The van der Waals surface area contributed by atoms with Gasteiger partial charge in [0, 0.05) is 11.9 Å². The molecule has 0 radical (unpaired) electrons. The van der Waals surface area contributed by atoms with Crippen molar-refractivity contribution < 1.29 is 9.53 Å². The molecule has 1 N–H and O–H groups in total. The summed E-state index contributed by atoms with van der Waals surface area (Å²) < 4.78 is 7.29. The summed E-state index contributed by atoms with van der Waals surface area (Å²) in [5.74, 6) is 1.53. The number of hydrogen-bond acceptors (Lipinski definition) is 6. The van der Waals surface area contributed by atoms with Crippen molar-refractivity contribution in [2.24, 2.45) is 0 Å². The summed E-state index contributed by atoms with van der Waals surface area (Å²) in [4.78, 5) is 24.8. The van der Waals surface area contributed by atoms with Gasteiger partial charge in [-0.3, -0.25) is 9.69 Å². The van der Waals surface area contributed by atoms with Crippen molar-refractivity contribution in [3.8, 4) is 17.3 Å². The van der Waals surface area contributed by atoms with E-state index in [-0.39, 0.29) is 18.5 Å². The van der Waals surface area contributed by atoms with E-state index in [0.717, 1.165) is 41.4 Å². The highest BCUT2D eigenvalue weighted by molar-refractivity contribution is 7.07. The lowest BCUT2D eigenvalue weighted by molar-refractivity contribution is -0.121. The minimum Gasteiger partial charge on any atom is -0.497 e. The molecule has 7 nitrogen and oxygen atoms in total. The lowest BCUT2D eigenvalue weighted by Gasteiger charge is -2.35. The first kappa shape index (κ1) is 22.6. The van der Waals surface area contributed by atoms with Crippen molar-refractivity contribution in [1.29, 1.82) is 0 Å². The van der Waals surface area contributed by atoms with Crippen LogP contribution in [-0.2, 0) is 11.3 Å². The molecule has 0 aliphatic carbocycles. The Morgan fingerprint density at radius 2 is 1.91 bits per heavy atom. The minimum atomic E-state index is -0.0323. The maximum Gasteiger partial charge on any atom is 0.240 e. The molecule has 0 spiro atoms. The van der Waals surface area contributed by atoms with Gasteiger partial charge in [-0.2, -0.15) is 0 Å². The van der Waals surface area contributed by atoms with Gasteiger partial charge < -0.3 is 14.6 Å². The number of nitrogens with one attached hydrogen (secondary N) is 1. The fraction of sp³-hybridized carbons (Fsp3) is 0.346. The summed E-state index contributed by atoms with van der Waals surface area (Å²) in [5, 5.41) is 5.17. The molecule has 1 atom stereocenters. The first-order valence-electron chi connectivity index (χ1n) is 11.7. The van der Waals surface area contributed by atoms with E-state index < -0.39 is 0 Å². The Morgan fingerprint density at radius 1 is 1.12 bits per heavy atom. The third kappa shape index (κ3) is 4.83. The molecule has 1 fully saturated rings. The van der Waals surface area contributed by atoms with Gasteiger partial charge >= 0.3 is 0 Å². The van der Waals surface area contributed by atoms with Gasteiger partial charge in [0.05, 0.1) is 29.7 Å². The van der Waals surface area contributed by atoms with E-state index in [2.05, 4.69) is 27.3 Å². The molecule has 1 saturated heterocycles. The van der Waals surface area contributed by atoms with Crippen LogP contribution >= 0.6 is 11.3 Å². The quantitative estimate of drug-likeness (QED) is 0.406. The number of methoxy groups -OCH3 is 1. The van der Waals surface area contributed by atoms with Crippen LogP contribution in [0.4, 0.5) is 0 Å². The molecule has 176 valence electrons. The van der Waals surface area contributed by atoms with E-state index in [1.54, 1.807) is 12.6 Å². The zero-order valence-electron chi connectivity index (χ0n) is 19.3. The zero-order chi connectivity index (χ0) is 23.3. The van der Waals surface area contributed by atoms with Crippen molar-refractivity contribution in [3.63, 3.8) is 0 Å². The number of fused-ring (bicyclic) bond motifs is 1. The maximum atomic E-state index is 13.2. The fourth-order valence-corrected chi connectivity index (χ4v) is 5.21. The smallest absolute Gasteiger partial charge is 0.240 e. The fourth-order valence-electron chi connectivity index (χ4n) is 4.68. The average molecular weight is 476 g/mol. The van der Waals surface area contributed by atoms with Gasteiger partial charge in [-0.25, -0.2) is 9.97 Å². The number of carbonyl (C=O) groups is 1. The van der Waals surface area contributed by atoms with E-state index >= 15 is 0 Å². The Hall–Kier alpha value is -3.23. The number of thiazole rings is 1. The van der Waals surface area contributed by atoms with Crippen molar-refractivity contribution in [2.45, 2.75) is 31.8 Å². The van der Waals surface area contributed by atoms with Crippen LogP contribution in [0.1, 0.15) is 30.9 Å². The minimum absolute atomic E-state index is 0.0323. The summed E-state index contributed by atoms with van der Waals surface area (Å²) >= 11 is 1.52. The first-order valence-corrected chi connectivity index (χ1v) is 12.7. The summed E-state index contributed by atoms with van der Waals surface area (Å²) in [6.45, 7) is 2.85. The van der Waals surface area contributed by atoms with E-state index in [1.807, 2.05) is 46.3 Å². The number of piperidine rings is 1. The molecule has 3 heterocycles. The number of carbonyl (C=O) groups excluding carboxylic acids is 1. The van der Waals surface area contributed by atoms with Gasteiger partial charge in [-0.05, 0) is 55.8 Å². The van der Waals surface area contributed by atoms with Crippen LogP contribution < -0.4 is 10.1 Å². The monoisotopic (exact) mass is 475 g/mol. The summed E-state index contributed by atoms with van der Waals surface area (Å²) in [5.41, 5.74) is 5.57. The third-order valence-corrected chi connectivity index (χ3v) is 7.03. The predicted molar refractivity (Wildman–Crippen MR) is 135 cm³/mol. The van der Waals surface area contributed by atoms with Crippen molar-refractivity contribution in [3.05, 3.63) is 65.0 Å². The number of nitrogens with zero attached hydrogens (tertiary/aromatic N) is 4. The van der Waals surface area contributed by atoms with Crippen LogP contribution in [-0.4, -0.2) is 52.1 Å². The predicted octanol–water partition coefficient (Wildman–Crippen LogP) is 4.51. The van der Waals surface area contributed by atoms with Crippen LogP contribution in [0, 0.1) is 0 Å². The highest BCUT2D eigenvalue weighted by Crippen LogP contribution is 2.27. The molecular weight excluding hydrogens is 446 g/mol. The number of imidazole rings is 1. The largest absolute Gasteiger partial charge is 0.497 e. The Morgan fingerprint density at radius 3 is 2.65 bits per heavy atom. The molecule has 1 unspecified atom stereocenters. The second kappa shape index (κ2) is 10.4. The van der Waals surface area contributed by atoms with Gasteiger partial charge in [-0.15, -0.1) is 11.3 Å². The van der Waals surface area contributed by atoms with Crippen LogP contribution in [0.2, 0.25) is 0 Å². The molecule has 2 aromatic heterocycles. The molecule has 2 aromatic carbocycles. The first-order chi connectivity index (χ1) is 16.7. The number of benzene rings is 2. The highest BCUT2D eigenvalue weighted by atomic mass is 32.1. The molecule has 0 saturated carbocycles. The Bertz CT molecular complexity index is 1230. The van der Waals surface area contributed by atoms with Gasteiger partial charge in [0.25, 0.3) is 0 Å². The van der Waals surface area contributed by atoms with E-state index in [9.17, 15) is 4.79 Å². The van der Waals surface area contributed by atoms with Crippen molar-refractivity contribution >= 4 is 28.3 Å². The average Bonchev–Trinajstić information content (AvgIpc) is 3.54. The normalized spacial score (nSPS) is 15.3. The van der Waals surface area contributed by atoms with Crippen LogP contribution in [0.5, 0.6) is 5.75 Å². The second-order valence-corrected chi connectivity index (χ2v) is 9.29. The third-order valence-electron chi connectivity index (χ3n) is 6.44. The lowest BCUT2D eigenvalue weighted by Crippen LogP contribution is -2.41. The van der Waals surface area contributed by atoms with Gasteiger partial charge in [0.1, 0.15) is 18.0 Å². The molecule has 1 aliphatic heterocycles. The number of para-hydroxylation sites is 2. The van der Waals surface area contributed by atoms with Gasteiger partial charge in [-0.1, -0.05) is 30.7 Å². The Balaban J connectivity index is 1.35. The number of aromatic nitrogens is 3. The Labute approximate surface area is 203 Å². The number of hydrogen-bond donors (Lipinski definition) is 1. The van der Waals surface area contributed by atoms with E-state index in [0.29, 0.717) is 6.54 Å². The number of ether oxygens (including phenoxy) is 1. The molecule has 34 heavy (non-hydrogen) atoms. The topological polar surface area (TPSA) is 72.3 Å². The van der Waals surface area contributed by atoms with Crippen molar-refractivity contribution in [2.75, 3.05) is 26.7 Å². The van der Waals surface area contributed by atoms with Crippen molar-refractivity contribution in [1.82, 2.24) is 24.8 Å². The van der Waals surface area contributed by atoms with Crippen LogP contribution in [0.3, 0.4) is 0 Å². The molecular formula is C26H29N5O2S. The van der Waals surface area contributed by atoms with Gasteiger partial charge in [0.15, 0.2) is 5.82 Å². The molecule has 1 amide bonds. The molecule has 4 aromatic rings. The molecule has 1 aliphatic rings. The van der Waals surface area contributed by atoms with Crippen LogP contribution in [0.25, 0.3) is 22.6 Å². The maximum absolute atomic E-state index is 13.2. The second-order valence-electron chi connectivity index (χ2n) is 8.57. The molecule has 8 heteroatoms. The number of amides is 1. The van der Waals surface area contributed by atoms with E-state index in [4.69, 9.17) is 9.72 Å². The standard InChI is InChI=1S/C26H29N5O2S/c1-33-20-11-9-19(10-12-20)24(30-13-5-2-6-14-30)15-27-25(32)16-31-23-8-4-3-7-21(23)29-26(31)22-17-34-18-28-22/h3-4,7-12,17-18,24H,2,5-6,13-16H2,1H3,(H,27,32). The summed E-state index contributed by atoms with van der Waals surface area (Å²) in [6.07, 6.45) is 3.66. The lowest BCUT2D eigenvalue weighted by atomic mass is 10.0. The van der Waals surface area contributed by atoms with Gasteiger partial charge in [0.2, 0.25) is 5.91 Å². The van der Waals surface area contributed by atoms with E-state index in [1.165, 1.54) is 36.2 Å². The van der Waals surface area contributed by atoms with Crippen LogP contribution in [0.15, 0.2) is 59.4 Å². The summed E-state index contributed by atoms with van der Waals surface area (Å²) in [7, 11) is 1.68. The number of likely N-dealkylation sites (tertiary alicyclic amines) is 1. The zero-order valence-corrected chi connectivity index (χ0v) is 20.1. The number of rotatable bonds is 8. The highest BCUT2D eigenvalue weighted by Gasteiger charge is 2.24. The molecule has 5 rings (SSSR count). The summed E-state index contributed by atoms with van der Waals surface area (Å²) in [6, 6.07) is 16.2. The Kier molecular flexibility index (Phi) is 6.87.